The molecule has 3 heteroatoms. The van der Waals surface area contributed by atoms with Crippen molar-refractivity contribution in [2.24, 2.45) is 5.73 Å². The van der Waals surface area contributed by atoms with E-state index < -0.39 is 0 Å². The summed E-state index contributed by atoms with van der Waals surface area (Å²) in [6.07, 6.45) is 4.85. The lowest BCUT2D eigenvalue weighted by Gasteiger charge is -2.27. The molecule has 0 aromatic rings. The van der Waals surface area contributed by atoms with E-state index in [2.05, 4.69) is 25.3 Å². The summed E-state index contributed by atoms with van der Waals surface area (Å²) in [7, 11) is 0. The molecule has 2 unspecified atom stereocenters. The van der Waals surface area contributed by atoms with Crippen LogP contribution in [-0.4, -0.2) is 42.8 Å². The fourth-order valence-corrected chi connectivity index (χ4v) is 2.01. The van der Waals surface area contributed by atoms with Crippen molar-refractivity contribution in [3.8, 4) is 0 Å². The Morgan fingerprint density at radius 2 is 2.13 bits per heavy atom. The van der Waals surface area contributed by atoms with Gasteiger partial charge in [-0.2, -0.15) is 0 Å². The molecule has 0 aromatic heterocycles. The van der Waals surface area contributed by atoms with Crippen LogP contribution in [0.5, 0.6) is 0 Å². The van der Waals surface area contributed by atoms with Crippen molar-refractivity contribution in [3.05, 3.63) is 12.7 Å². The van der Waals surface area contributed by atoms with E-state index in [1.54, 1.807) is 0 Å². The summed E-state index contributed by atoms with van der Waals surface area (Å²) >= 11 is 0. The van der Waals surface area contributed by atoms with Crippen molar-refractivity contribution in [1.29, 1.82) is 0 Å². The van der Waals surface area contributed by atoms with E-state index in [9.17, 15) is 0 Å². The second-order valence-corrected chi connectivity index (χ2v) is 4.53. The summed E-state index contributed by atoms with van der Waals surface area (Å²) in [4.78, 5) is 2.39. The van der Waals surface area contributed by atoms with Crippen LogP contribution in [0.1, 0.15) is 26.7 Å². The third-order valence-electron chi connectivity index (χ3n) is 2.99. The zero-order chi connectivity index (χ0) is 11.3. The molecule has 0 aliphatic carbocycles. The van der Waals surface area contributed by atoms with Crippen LogP contribution in [-0.2, 0) is 4.74 Å². The largest absolute Gasteiger partial charge is 0.372 e. The van der Waals surface area contributed by atoms with Crippen molar-refractivity contribution in [3.63, 3.8) is 0 Å². The van der Waals surface area contributed by atoms with E-state index in [0.717, 1.165) is 25.9 Å². The van der Waals surface area contributed by atoms with Gasteiger partial charge in [-0.1, -0.05) is 6.08 Å². The van der Waals surface area contributed by atoms with E-state index in [1.165, 1.54) is 0 Å². The Balaban J connectivity index is 2.35. The van der Waals surface area contributed by atoms with Crippen LogP contribution in [0.3, 0.4) is 0 Å². The summed E-state index contributed by atoms with van der Waals surface area (Å²) in [6, 6.07) is 0.545. The van der Waals surface area contributed by atoms with Crippen LogP contribution >= 0.6 is 0 Å². The van der Waals surface area contributed by atoms with Crippen molar-refractivity contribution < 1.29 is 4.74 Å². The molecule has 0 bridgehead atoms. The van der Waals surface area contributed by atoms with E-state index >= 15 is 0 Å². The Labute approximate surface area is 93.3 Å². The quantitative estimate of drug-likeness (QED) is 0.676. The number of nitrogens with two attached hydrogens (primary N) is 1. The molecule has 0 spiro atoms. The van der Waals surface area contributed by atoms with Gasteiger partial charge in [0.1, 0.15) is 0 Å². The maximum Gasteiger partial charge on any atom is 0.0707 e. The lowest BCUT2D eigenvalue weighted by atomic mass is 10.1. The predicted molar refractivity (Wildman–Crippen MR) is 63.9 cm³/mol. The summed E-state index contributed by atoms with van der Waals surface area (Å²) < 4.78 is 5.84. The fraction of sp³-hybridized carbons (Fsp3) is 0.833. The molecule has 1 rings (SSSR count). The van der Waals surface area contributed by atoms with Gasteiger partial charge in [-0.25, -0.2) is 0 Å². The third kappa shape index (κ3) is 3.93. The minimum absolute atomic E-state index is 0.285. The molecule has 0 radical (unpaired) electrons. The molecular formula is C12H24N2O. The lowest BCUT2D eigenvalue weighted by molar-refractivity contribution is 0.0235. The molecule has 1 fully saturated rings. The van der Waals surface area contributed by atoms with Gasteiger partial charge in [-0.05, 0) is 26.7 Å². The first kappa shape index (κ1) is 12.7. The summed E-state index contributed by atoms with van der Waals surface area (Å²) in [5, 5.41) is 0. The summed E-state index contributed by atoms with van der Waals surface area (Å²) in [5.74, 6) is 0. The summed E-state index contributed by atoms with van der Waals surface area (Å²) in [5.41, 5.74) is 5.59. The van der Waals surface area contributed by atoms with Crippen LogP contribution in [0.4, 0.5) is 0 Å². The van der Waals surface area contributed by atoms with Crippen molar-refractivity contribution in [2.45, 2.75) is 44.9 Å². The second kappa shape index (κ2) is 6.26. The second-order valence-electron chi connectivity index (χ2n) is 4.53. The van der Waals surface area contributed by atoms with Crippen molar-refractivity contribution >= 4 is 0 Å². The highest BCUT2D eigenvalue weighted by molar-refractivity contribution is 4.81. The van der Waals surface area contributed by atoms with Gasteiger partial charge >= 0.3 is 0 Å². The van der Waals surface area contributed by atoms with Gasteiger partial charge in [0, 0.05) is 25.7 Å². The predicted octanol–water partition coefficient (Wildman–Crippen LogP) is 1.39. The fourth-order valence-electron chi connectivity index (χ4n) is 2.01. The third-order valence-corrected chi connectivity index (χ3v) is 2.99. The molecule has 2 atom stereocenters. The molecule has 3 nitrogen and oxygen atoms in total. The first-order valence-electron chi connectivity index (χ1n) is 5.87. The Morgan fingerprint density at radius 1 is 1.47 bits per heavy atom. The molecule has 0 saturated carbocycles. The van der Waals surface area contributed by atoms with E-state index in [0.29, 0.717) is 18.7 Å². The minimum atomic E-state index is 0.285. The Hall–Kier alpha value is -0.380. The Morgan fingerprint density at radius 3 is 2.60 bits per heavy atom. The van der Waals surface area contributed by atoms with Gasteiger partial charge in [0.05, 0.1) is 12.2 Å². The van der Waals surface area contributed by atoms with Crippen LogP contribution in [0, 0.1) is 0 Å². The Kier molecular flexibility index (Phi) is 5.29. The van der Waals surface area contributed by atoms with Gasteiger partial charge in [-0.3, -0.25) is 4.90 Å². The van der Waals surface area contributed by atoms with E-state index in [1.807, 2.05) is 6.08 Å². The van der Waals surface area contributed by atoms with Crippen LogP contribution in [0.2, 0.25) is 0 Å². The van der Waals surface area contributed by atoms with E-state index in [4.69, 9.17) is 10.5 Å². The number of nitrogens with zero attached hydrogens (tertiary/aromatic N) is 1. The maximum absolute atomic E-state index is 5.84. The molecule has 0 amide bonds. The smallest absolute Gasteiger partial charge is 0.0707 e. The van der Waals surface area contributed by atoms with Gasteiger partial charge in [-0.15, -0.1) is 6.58 Å². The molecule has 1 saturated heterocycles. The SMILES string of the molecule is C=CCN(CC1CCC(CN)O1)C(C)C. The highest BCUT2D eigenvalue weighted by atomic mass is 16.5. The summed E-state index contributed by atoms with van der Waals surface area (Å²) in [6.45, 7) is 10.8. The lowest BCUT2D eigenvalue weighted by Crippen LogP contribution is -2.38. The average molecular weight is 212 g/mol. The van der Waals surface area contributed by atoms with E-state index in [-0.39, 0.29) is 6.10 Å². The molecule has 1 aliphatic heterocycles. The van der Waals surface area contributed by atoms with Gasteiger partial charge in [0.15, 0.2) is 0 Å². The molecule has 0 aromatic carbocycles. The molecular weight excluding hydrogens is 188 g/mol. The molecule has 15 heavy (non-hydrogen) atoms. The first-order chi connectivity index (χ1) is 7.17. The molecule has 88 valence electrons. The number of hydrogen-bond donors (Lipinski definition) is 1. The zero-order valence-electron chi connectivity index (χ0n) is 9.98. The van der Waals surface area contributed by atoms with Gasteiger partial charge in [0.2, 0.25) is 0 Å². The first-order valence-corrected chi connectivity index (χ1v) is 5.87. The highest BCUT2D eigenvalue weighted by Gasteiger charge is 2.26. The van der Waals surface area contributed by atoms with Crippen LogP contribution in [0.25, 0.3) is 0 Å². The van der Waals surface area contributed by atoms with Crippen molar-refractivity contribution in [2.75, 3.05) is 19.6 Å². The van der Waals surface area contributed by atoms with Gasteiger partial charge < -0.3 is 10.5 Å². The molecule has 1 heterocycles. The number of rotatable bonds is 6. The number of ether oxygens (including phenoxy) is 1. The zero-order valence-corrected chi connectivity index (χ0v) is 9.98. The maximum atomic E-state index is 5.84. The molecule has 2 N–H and O–H groups in total. The normalized spacial score (nSPS) is 26.5. The average Bonchev–Trinajstić information content (AvgIpc) is 2.65. The number of hydrogen-bond acceptors (Lipinski definition) is 3. The van der Waals surface area contributed by atoms with Crippen LogP contribution in [0.15, 0.2) is 12.7 Å². The highest BCUT2D eigenvalue weighted by Crippen LogP contribution is 2.20. The van der Waals surface area contributed by atoms with Crippen molar-refractivity contribution in [1.82, 2.24) is 4.90 Å². The van der Waals surface area contributed by atoms with Gasteiger partial charge in [0.25, 0.3) is 0 Å². The standard InChI is InChI=1S/C12H24N2O/c1-4-7-14(10(2)3)9-12-6-5-11(8-13)15-12/h4,10-12H,1,5-9,13H2,2-3H3. The minimum Gasteiger partial charge on any atom is -0.372 e. The molecule has 1 aliphatic rings. The monoisotopic (exact) mass is 212 g/mol. The topological polar surface area (TPSA) is 38.5 Å². The Bertz CT molecular complexity index is 194. The van der Waals surface area contributed by atoms with Crippen LogP contribution < -0.4 is 5.73 Å².